The van der Waals surface area contributed by atoms with Crippen molar-refractivity contribution in [3.63, 3.8) is 0 Å². The number of amides is 1. The smallest absolute Gasteiger partial charge is 0.255 e. The number of hydrogen-bond donors (Lipinski definition) is 2. The summed E-state index contributed by atoms with van der Waals surface area (Å²) in [4.78, 5) is 16.4. The molecule has 1 heterocycles. The van der Waals surface area contributed by atoms with Crippen molar-refractivity contribution >= 4 is 38.3 Å². The van der Waals surface area contributed by atoms with Gasteiger partial charge in [-0.3, -0.25) is 4.79 Å². The van der Waals surface area contributed by atoms with Crippen LogP contribution >= 0.6 is 11.3 Å². The van der Waals surface area contributed by atoms with Crippen molar-refractivity contribution in [1.29, 1.82) is 0 Å². The van der Waals surface area contributed by atoms with E-state index in [9.17, 15) is 4.79 Å². The van der Waals surface area contributed by atoms with Gasteiger partial charge in [-0.1, -0.05) is 23.5 Å². The minimum Gasteiger partial charge on any atom is -0.375 e. The van der Waals surface area contributed by atoms with Crippen molar-refractivity contribution in [2.45, 2.75) is 6.92 Å². The van der Waals surface area contributed by atoms with Crippen LogP contribution in [0.25, 0.3) is 10.2 Å². The van der Waals surface area contributed by atoms with Crippen LogP contribution in [-0.2, 0) is 0 Å². The highest BCUT2D eigenvalue weighted by molar-refractivity contribution is 7.22. The number of nitrogens with zero attached hydrogens (tertiary/aromatic N) is 1. The summed E-state index contributed by atoms with van der Waals surface area (Å²) in [6.45, 7) is 1.99. The van der Waals surface area contributed by atoms with Crippen LogP contribution in [0.15, 0.2) is 42.5 Å². The molecule has 0 saturated carbocycles. The van der Waals surface area contributed by atoms with E-state index >= 15 is 0 Å². The van der Waals surface area contributed by atoms with Crippen LogP contribution in [0.4, 0.5) is 10.8 Å². The van der Waals surface area contributed by atoms with Crippen molar-refractivity contribution in [1.82, 2.24) is 4.98 Å². The molecule has 0 atom stereocenters. The van der Waals surface area contributed by atoms with Gasteiger partial charge in [0.2, 0.25) is 0 Å². The van der Waals surface area contributed by atoms with Crippen molar-refractivity contribution in [3.8, 4) is 0 Å². The Balaban J connectivity index is 1.88. The molecule has 2 aromatic carbocycles. The lowest BCUT2D eigenvalue weighted by Gasteiger charge is -2.06. The van der Waals surface area contributed by atoms with Crippen LogP contribution in [0.3, 0.4) is 0 Å². The largest absolute Gasteiger partial charge is 0.375 e. The predicted octanol–water partition coefficient (Wildman–Crippen LogP) is 3.44. The minimum atomic E-state index is -0.135. The maximum Gasteiger partial charge on any atom is 0.255 e. The Labute approximate surface area is 120 Å². The van der Waals surface area contributed by atoms with Gasteiger partial charge < -0.3 is 11.1 Å². The third-order valence-corrected chi connectivity index (χ3v) is 3.79. The molecule has 4 nitrogen and oxygen atoms in total. The average molecular weight is 283 g/mol. The SMILES string of the molecule is Cc1cccc(NC(=O)c2ccc3nc(N)sc3c2)c1. The molecule has 0 aliphatic rings. The number of aryl methyl sites for hydroxylation is 1. The highest BCUT2D eigenvalue weighted by Gasteiger charge is 2.09. The normalized spacial score (nSPS) is 10.7. The molecule has 0 bridgehead atoms. The van der Waals surface area contributed by atoms with E-state index in [-0.39, 0.29) is 5.91 Å². The first-order valence-corrected chi connectivity index (χ1v) is 6.97. The van der Waals surface area contributed by atoms with Crippen LogP contribution < -0.4 is 11.1 Å². The summed E-state index contributed by atoms with van der Waals surface area (Å²) in [5.41, 5.74) is 8.98. The summed E-state index contributed by atoms with van der Waals surface area (Å²) in [5.74, 6) is -0.135. The standard InChI is InChI=1S/C15H13N3OS/c1-9-3-2-4-11(7-9)17-14(19)10-5-6-12-13(8-10)20-15(16)18-12/h2-8H,1H3,(H2,16,18)(H,17,19). The zero-order chi connectivity index (χ0) is 14.1. The second-order valence-electron chi connectivity index (χ2n) is 4.56. The van der Waals surface area contributed by atoms with Crippen molar-refractivity contribution in [2.24, 2.45) is 0 Å². The first-order valence-electron chi connectivity index (χ1n) is 6.16. The third kappa shape index (κ3) is 2.48. The second kappa shape index (κ2) is 4.94. The van der Waals surface area contributed by atoms with Gasteiger partial charge in [-0.05, 0) is 42.8 Å². The third-order valence-electron chi connectivity index (χ3n) is 2.94. The highest BCUT2D eigenvalue weighted by atomic mass is 32.1. The zero-order valence-electron chi connectivity index (χ0n) is 10.9. The van der Waals surface area contributed by atoms with Crippen molar-refractivity contribution in [2.75, 3.05) is 11.1 Å². The van der Waals surface area contributed by atoms with Gasteiger partial charge in [-0.15, -0.1) is 0 Å². The van der Waals surface area contributed by atoms with Gasteiger partial charge in [-0.25, -0.2) is 4.98 Å². The first kappa shape index (κ1) is 12.6. The van der Waals surface area contributed by atoms with Crippen molar-refractivity contribution < 1.29 is 4.79 Å². The van der Waals surface area contributed by atoms with Crippen LogP contribution in [0.1, 0.15) is 15.9 Å². The van der Waals surface area contributed by atoms with Crippen molar-refractivity contribution in [3.05, 3.63) is 53.6 Å². The van der Waals surface area contributed by atoms with E-state index < -0.39 is 0 Å². The van der Waals surface area contributed by atoms with Crippen LogP contribution in [-0.4, -0.2) is 10.9 Å². The molecule has 100 valence electrons. The fourth-order valence-electron chi connectivity index (χ4n) is 2.01. The van der Waals surface area contributed by atoms with E-state index in [2.05, 4.69) is 10.3 Å². The molecule has 1 aromatic heterocycles. The monoisotopic (exact) mass is 283 g/mol. The van der Waals surface area contributed by atoms with E-state index in [1.807, 2.05) is 43.3 Å². The van der Waals surface area contributed by atoms with Crippen LogP contribution in [0.5, 0.6) is 0 Å². The number of hydrogen-bond acceptors (Lipinski definition) is 4. The average Bonchev–Trinajstić information content (AvgIpc) is 2.77. The number of carbonyl (C=O) groups is 1. The van der Waals surface area contributed by atoms with E-state index in [0.717, 1.165) is 21.5 Å². The quantitative estimate of drug-likeness (QED) is 0.757. The number of benzene rings is 2. The number of nitrogens with one attached hydrogen (secondary N) is 1. The van der Waals surface area contributed by atoms with Crippen LogP contribution in [0, 0.1) is 6.92 Å². The molecule has 0 saturated heterocycles. The van der Waals surface area contributed by atoms with Gasteiger partial charge >= 0.3 is 0 Å². The van der Waals surface area contributed by atoms with Gasteiger partial charge in [0, 0.05) is 11.3 Å². The maximum atomic E-state index is 12.2. The Hall–Kier alpha value is -2.40. The van der Waals surface area contributed by atoms with E-state index in [0.29, 0.717) is 10.7 Å². The molecule has 3 aromatic rings. The predicted molar refractivity (Wildman–Crippen MR) is 83.2 cm³/mol. The number of anilines is 2. The Morgan fingerprint density at radius 3 is 2.90 bits per heavy atom. The molecule has 0 spiro atoms. The Bertz CT molecular complexity index is 795. The lowest BCUT2D eigenvalue weighted by molar-refractivity contribution is 0.102. The number of aromatic nitrogens is 1. The number of nitrogen functional groups attached to an aromatic ring is 1. The van der Waals surface area contributed by atoms with Gasteiger partial charge in [-0.2, -0.15) is 0 Å². The summed E-state index contributed by atoms with van der Waals surface area (Å²) in [6, 6.07) is 13.1. The summed E-state index contributed by atoms with van der Waals surface area (Å²) in [6.07, 6.45) is 0. The summed E-state index contributed by atoms with van der Waals surface area (Å²) < 4.78 is 0.916. The molecule has 0 aliphatic heterocycles. The number of nitrogens with two attached hydrogens (primary N) is 1. The zero-order valence-corrected chi connectivity index (χ0v) is 11.7. The number of thiazole rings is 1. The number of carbonyl (C=O) groups excluding carboxylic acids is 1. The topological polar surface area (TPSA) is 68.0 Å². The van der Waals surface area contributed by atoms with Gasteiger partial charge in [0.1, 0.15) is 0 Å². The Morgan fingerprint density at radius 2 is 2.10 bits per heavy atom. The molecule has 5 heteroatoms. The molecule has 1 amide bonds. The molecule has 0 unspecified atom stereocenters. The molecule has 3 rings (SSSR count). The van der Waals surface area contributed by atoms with E-state index in [1.165, 1.54) is 11.3 Å². The Kier molecular flexibility index (Phi) is 3.12. The molecule has 0 radical (unpaired) electrons. The van der Waals surface area contributed by atoms with Gasteiger partial charge in [0.25, 0.3) is 5.91 Å². The van der Waals surface area contributed by atoms with Gasteiger partial charge in [0.15, 0.2) is 5.13 Å². The highest BCUT2D eigenvalue weighted by Crippen LogP contribution is 2.25. The molecule has 20 heavy (non-hydrogen) atoms. The molecule has 0 fully saturated rings. The second-order valence-corrected chi connectivity index (χ2v) is 5.62. The fourth-order valence-corrected chi connectivity index (χ4v) is 2.78. The fraction of sp³-hybridized carbons (Fsp3) is 0.0667. The summed E-state index contributed by atoms with van der Waals surface area (Å²) >= 11 is 1.38. The molecule has 0 aliphatic carbocycles. The first-order chi connectivity index (χ1) is 9.61. The Morgan fingerprint density at radius 1 is 1.25 bits per heavy atom. The van der Waals surface area contributed by atoms with Gasteiger partial charge in [0.05, 0.1) is 10.2 Å². The molecular weight excluding hydrogens is 270 g/mol. The van der Waals surface area contributed by atoms with E-state index in [4.69, 9.17) is 5.73 Å². The van der Waals surface area contributed by atoms with Crippen LogP contribution in [0.2, 0.25) is 0 Å². The minimum absolute atomic E-state index is 0.135. The lowest BCUT2D eigenvalue weighted by atomic mass is 10.2. The lowest BCUT2D eigenvalue weighted by Crippen LogP contribution is -2.11. The number of fused-ring (bicyclic) bond motifs is 1. The molecule has 3 N–H and O–H groups in total. The number of rotatable bonds is 2. The maximum absolute atomic E-state index is 12.2. The van der Waals surface area contributed by atoms with E-state index in [1.54, 1.807) is 6.07 Å². The summed E-state index contributed by atoms with van der Waals surface area (Å²) in [5, 5.41) is 3.39. The summed E-state index contributed by atoms with van der Waals surface area (Å²) in [7, 11) is 0. The molecular formula is C15H13N3OS.